The average molecular weight is 651 g/mol. The molecule has 0 amide bonds. The highest BCUT2D eigenvalue weighted by atomic mass is 32.3. The van der Waals surface area contributed by atoms with Crippen molar-refractivity contribution in [2.75, 3.05) is 49.2 Å². The summed E-state index contributed by atoms with van der Waals surface area (Å²) >= 11 is 0. The fraction of sp³-hybridized carbons (Fsp3) is 0.586. The van der Waals surface area contributed by atoms with Crippen molar-refractivity contribution in [2.45, 2.75) is 72.6 Å². The van der Waals surface area contributed by atoms with E-state index in [2.05, 4.69) is 86.0 Å². The van der Waals surface area contributed by atoms with Crippen molar-refractivity contribution in [3.05, 3.63) is 48.5 Å². The van der Waals surface area contributed by atoms with Gasteiger partial charge in [-0.15, -0.1) is 0 Å². The van der Waals surface area contributed by atoms with Gasteiger partial charge in [0.2, 0.25) is 0 Å². The normalized spacial score (nSPS) is 11.0. The largest absolute Gasteiger partial charge is 0.494 e. The molecule has 0 heterocycles. The van der Waals surface area contributed by atoms with Crippen LogP contribution in [0.1, 0.15) is 72.6 Å². The number of hydrogen-bond acceptors (Lipinski definition) is 8. The molecule has 0 radical (unpaired) electrons. The number of rotatable bonds is 18. The van der Waals surface area contributed by atoms with Crippen molar-refractivity contribution in [3.8, 4) is 11.5 Å². The van der Waals surface area contributed by atoms with Gasteiger partial charge >= 0.3 is 20.8 Å². The zero-order valence-corrected chi connectivity index (χ0v) is 27.4. The molecule has 0 aliphatic rings. The smallest absolute Gasteiger partial charge is 0.394 e. The fourth-order valence-electron chi connectivity index (χ4n) is 4.09. The van der Waals surface area contributed by atoms with Gasteiger partial charge < -0.3 is 19.3 Å². The van der Waals surface area contributed by atoms with Crippen molar-refractivity contribution >= 4 is 32.2 Å². The molecule has 0 fully saturated rings. The van der Waals surface area contributed by atoms with E-state index in [1.807, 2.05) is 0 Å². The van der Waals surface area contributed by atoms with Crippen LogP contribution in [0.15, 0.2) is 48.5 Å². The van der Waals surface area contributed by atoms with Gasteiger partial charge in [0.25, 0.3) is 0 Å². The molecule has 2 rings (SSSR count). The molecule has 0 atom stereocenters. The van der Waals surface area contributed by atoms with Crippen LogP contribution in [0.2, 0.25) is 0 Å². The molecule has 4 N–H and O–H groups in total. The summed E-state index contributed by atoms with van der Waals surface area (Å²) < 4.78 is 75.0. The van der Waals surface area contributed by atoms with E-state index < -0.39 is 20.8 Å². The monoisotopic (exact) mass is 650 g/mol. The summed E-state index contributed by atoms with van der Waals surface area (Å²) in [7, 11) is -9.33. The van der Waals surface area contributed by atoms with E-state index in [0.717, 1.165) is 70.2 Å². The highest BCUT2D eigenvalue weighted by Gasteiger charge is 2.06. The Morgan fingerprint density at radius 2 is 0.767 bits per heavy atom. The summed E-state index contributed by atoms with van der Waals surface area (Å²) in [6.07, 6.45) is 7.88. The number of hydrogen-bond donors (Lipinski definition) is 4. The quantitative estimate of drug-likeness (QED) is 0.105. The SMILES string of the molecule is CCCN(CCC)c1ccc(OCCCCCOc2ccc(N(CCC)CCC)cc2)cc1.O=S(=O)(O)O.O=S(=O)(O)O. The third-order valence-corrected chi connectivity index (χ3v) is 5.70. The topological polar surface area (TPSA) is 174 Å². The Hall–Kier alpha value is -2.62. The second kappa shape index (κ2) is 22.9. The van der Waals surface area contributed by atoms with Crippen molar-refractivity contribution < 1.29 is 44.5 Å². The van der Waals surface area contributed by atoms with Crippen LogP contribution < -0.4 is 19.3 Å². The zero-order valence-electron chi connectivity index (χ0n) is 25.8. The lowest BCUT2D eigenvalue weighted by Gasteiger charge is -2.24. The van der Waals surface area contributed by atoms with E-state index in [1.165, 1.54) is 37.1 Å². The van der Waals surface area contributed by atoms with E-state index >= 15 is 0 Å². The van der Waals surface area contributed by atoms with Crippen LogP contribution in [-0.4, -0.2) is 74.4 Å². The summed E-state index contributed by atoms with van der Waals surface area (Å²) in [5.41, 5.74) is 2.58. The number of unbranched alkanes of at least 4 members (excludes halogenated alkanes) is 2. The summed E-state index contributed by atoms with van der Waals surface area (Å²) in [5, 5.41) is 0. The minimum absolute atomic E-state index is 0.756. The van der Waals surface area contributed by atoms with E-state index in [1.54, 1.807) is 0 Å². The average Bonchev–Trinajstić information content (AvgIpc) is 2.91. The van der Waals surface area contributed by atoms with E-state index in [0.29, 0.717) is 0 Å². The number of benzene rings is 2. The lowest BCUT2D eigenvalue weighted by molar-refractivity contribution is 0.279. The van der Waals surface area contributed by atoms with Crippen molar-refractivity contribution in [2.24, 2.45) is 0 Å². The lowest BCUT2D eigenvalue weighted by Crippen LogP contribution is -2.24. The summed E-state index contributed by atoms with van der Waals surface area (Å²) in [6, 6.07) is 17.1. The maximum atomic E-state index is 8.74. The molecule has 0 unspecified atom stereocenters. The van der Waals surface area contributed by atoms with Gasteiger partial charge in [0.15, 0.2) is 0 Å². The Labute approximate surface area is 258 Å². The standard InChI is InChI=1S/C29H46N2O2.2H2O4S/c1-5-20-30(21-6-2)26-12-16-28(17-13-26)32-24-10-9-11-25-33-29-18-14-27(15-19-29)31(22-7-3)23-8-4;2*1-5(2,3)4/h12-19H,5-11,20-25H2,1-4H3;2*(H2,1,2,3,4). The van der Waals surface area contributed by atoms with Gasteiger partial charge in [-0.05, 0) is 93.5 Å². The Kier molecular flexibility index (Phi) is 21.5. The van der Waals surface area contributed by atoms with Crippen molar-refractivity contribution in [1.29, 1.82) is 0 Å². The first-order chi connectivity index (χ1) is 20.2. The molecule has 0 aromatic heterocycles. The van der Waals surface area contributed by atoms with Crippen LogP contribution in [0.5, 0.6) is 11.5 Å². The van der Waals surface area contributed by atoms with Gasteiger partial charge in [-0.25, -0.2) is 0 Å². The molecule has 12 nitrogen and oxygen atoms in total. The predicted octanol–water partition coefficient (Wildman–Crippen LogP) is 6.26. The third-order valence-electron chi connectivity index (χ3n) is 5.70. The van der Waals surface area contributed by atoms with Crippen LogP contribution in [-0.2, 0) is 20.8 Å². The summed E-state index contributed by atoms with van der Waals surface area (Å²) in [6.45, 7) is 14.9. The molecular weight excluding hydrogens is 600 g/mol. The Morgan fingerprint density at radius 3 is 1.00 bits per heavy atom. The highest BCUT2D eigenvalue weighted by molar-refractivity contribution is 7.80. The molecule has 2 aromatic carbocycles. The molecule has 248 valence electrons. The van der Waals surface area contributed by atoms with E-state index in [-0.39, 0.29) is 0 Å². The van der Waals surface area contributed by atoms with Crippen LogP contribution in [0.25, 0.3) is 0 Å². The first-order valence-electron chi connectivity index (χ1n) is 14.6. The molecule has 0 spiro atoms. The number of anilines is 2. The molecule has 2 aromatic rings. The van der Waals surface area contributed by atoms with E-state index in [9.17, 15) is 0 Å². The van der Waals surface area contributed by atoms with Crippen LogP contribution >= 0.6 is 0 Å². The van der Waals surface area contributed by atoms with Gasteiger partial charge in [0, 0.05) is 37.6 Å². The molecule has 43 heavy (non-hydrogen) atoms. The molecule has 0 aliphatic carbocycles. The minimum Gasteiger partial charge on any atom is -0.494 e. The number of nitrogens with zero attached hydrogens (tertiary/aromatic N) is 2. The van der Waals surface area contributed by atoms with Gasteiger partial charge in [0.1, 0.15) is 11.5 Å². The first kappa shape index (κ1) is 40.4. The summed E-state index contributed by atoms with van der Waals surface area (Å²) in [5.74, 6) is 1.92. The van der Waals surface area contributed by atoms with Crippen LogP contribution in [0.3, 0.4) is 0 Å². The minimum atomic E-state index is -4.67. The lowest BCUT2D eigenvalue weighted by atomic mass is 10.2. The molecule has 0 bridgehead atoms. The van der Waals surface area contributed by atoms with Gasteiger partial charge in [0.05, 0.1) is 13.2 Å². The van der Waals surface area contributed by atoms with E-state index in [4.69, 9.17) is 44.5 Å². The second-order valence-electron chi connectivity index (χ2n) is 9.62. The first-order valence-corrected chi connectivity index (χ1v) is 17.4. The van der Waals surface area contributed by atoms with Gasteiger partial charge in [-0.2, -0.15) is 16.8 Å². The van der Waals surface area contributed by atoms with Crippen molar-refractivity contribution in [3.63, 3.8) is 0 Å². The molecule has 0 aliphatic heterocycles. The van der Waals surface area contributed by atoms with Crippen molar-refractivity contribution in [1.82, 2.24) is 0 Å². The second-order valence-corrected chi connectivity index (χ2v) is 11.4. The molecule has 0 saturated carbocycles. The summed E-state index contributed by atoms with van der Waals surface area (Å²) in [4.78, 5) is 4.90. The third kappa shape index (κ3) is 24.5. The molecule has 0 saturated heterocycles. The molecule has 14 heteroatoms. The van der Waals surface area contributed by atoms with Crippen LogP contribution in [0, 0.1) is 0 Å². The van der Waals surface area contributed by atoms with Crippen LogP contribution in [0.4, 0.5) is 11.4 Å². The Bertz CT molecular complexity index is 1060. The number of ether oxygens (including phenoxy) is 2. The maximum absolute atomic E-state index is 8.74. The Balaban J connectivity index is 0.00000152. The zero-order chi connectivity index (χ0) is 32.7. The molecular formula is C29H50N2O10S2. The predicted molar refractivity (Wildman–Crippen MR) is 172 cm³/mol. The maximum Gasteiger partial charge on any atom is 0.394 e. The van der Waals surface area contributed by atoms with Gasteiger partial charge in [-0.3, -0.25) is 18.2 Å². The van der Waals surface area contributed by atoms with Gasteiger partial charge in [-0.1, -0.05) is 27.7 Å². The highest BCUT2D eigenvalue weighted by Crippen LogP contribution is 2.22. The fourth-order valence-corrected chi connectivity index (χ4v) is 4.09. The Morgan fingerprint density at radius 1 is 0.512 bits per heavy atom.